The summed E-state index contributed by atoms with van der Waals surface area (Å²) in [4.78, 5) is 0. The summed E-state index contributed by atoms with van der Waals surface area (Å²) in [6.07, 6.45) is 1.16. The number of aliphatic hydroxyl groups excluding tert-OH is 1. The van der Waals surface area contributed by atoms with E-state index in [1.165, 1.54) is 10.4 Å². The van der Waals surface area contributed by atoms with Crippen molar-refractivity contribution in [2.75, 3.05) is 0 Å². The van der Waals surface area contributed by atoms with E-state index in [1.54, 1.807) is 0 Å². The van der Waals surface area contributed by atoms with Crippen molar-refractivity contribution in [3.05, 3.63) is 109 Å². The van der Waals surface area contributed by atoms with Gasteiger partial charge in [0.2, 0.25) is 8.07 Å². The van der Waals surface area contributed by atoms with Crippen molar-refractivity contribution in [3.8, 4) is 11.5 Å². The van der Waals surface area contributed by atoms with Crippen LogP contribution in [0, 0.1) is 11.5 Å². The molecule has 0 aliphatic heterocycles. The largest absolute Gasteiger partial charge is 0.376 e. The molecule has 3 aromatic carbocycles. The SMILES string of the molecule is C=CC[Si](C#CC(O)c1ccccc1)(c1ccccc1)c1ccccc1. The number of hydrogen-bond donors (Lipinski definition) is 1. The van der Waals surface area contributed by atoms with E-state index in [9.17, 15) is 5.11 Å². The van der Waals surface area contributed by atoms with Crippen molar-refractivity contribution in [3.63, 3.8) is 0 Å². The topological polar surface area (TPSA) is 20.2 Å². The van der Waals surface area contributed by atoms with Crippen LogP contribution in [-0.4, -0.2) is 13.2 Å². The van der Waals surface area contributed by atoms with Gasteiger partial charge < -0.3 is 5.11 Å². The van der Waals surface area contributed by atoms with Crippen LogP contribution < -0.4 is 10.4 Å². The Labute approximate surface area is 156 Å². The number of benzene rings is 3. The second-order valence-corrected chi connectivity index (χ2v) is 9.84. The molecular formula is C24H22OSi. The Hall–Kier alpha value is -2.86. The van der Waals surface area contributed by atoms with Crippen LogP contribution in [0.15, 0.2) is 104 Å². The fourth-order valence-electron chi connectivity index (χ4n) is 3.17. The van der Waals surface area contributed by atoms with Gasteiger partial charge in [0.05, 0.1) is 0 Å². The first kappa shape index (κ1) is 17.9. The molecule has 3 rings (SSSR count). The van der Waals surface area contributed by atoms with Crippen molar-refractivity contribution in [2.45, 2.75) is 12.1 Å². The highest BCUT2D eigenvalue weighted by Gasteiger charge is 2.34. The van der Waals surface area contributed by atoms with Crippen LogP contribution in [0.5, 0.6) is 0 Å². The molecule has 0 heterocycles. The molecule has 1 nitrogen and oxygen atoms in total. The van der Waals surface area contributed by atoms with Crippen LogP contribution >= 0.6 is 0 Å². The first-order valence-corrected chi connectivity index (χ1v) is 10.9. The first-order valence-electron chi connectivity index (χ1n) is 8.74. The summed E-state index contributed by atoms with van der Waals surface area (Å²) < 4.78 is 0. The first-order chi connectivity index (χ1) is 12.8. The molecule has 0 amide bonds. The predicted octanol–water partition coefficient (Wildman–Crippen LogP) is 3.71. The van der Waals surface area contributed by atoms with Gasteiger partial charge in [0.15, 0.2) is 0 Å². The lowest BCUT2D eigenvalue weighted by molar-refractivity contribution is 0.238. The lowest BCUT2D eigenvalue weighted by Gasteiger charge is -2.26. The van der Waals surface area contributed by atoms with Gasteiger partial charge in [-0.05, 0) is 22.0 Å². The minimum Gasteiger partial charge on any atom is -0.376 e. The smallest absolute Gasteiger partial charge is 0.202 e. The molecule has 0 saturated carbocycles. The van der Waals surface area contributed by atoms with Gasteiger partial charge in [0, 0.05) is 0 Å². The Morgan fingerprint density at radius 2 is 1.27 bits per heavy atom. The molecule has 1 atom stereocenters. The van der Waals surface area contributed by atoms with Crippen molar-refractivity contribution >= 4 is 18.4 Å². The third kappa shape index (κ3) is 3.86. The van der Waals surface area contributed by atoms with E-state index in [0.29, 0.717) is 0 Å². The van der Waals surface area contributed by atoms with Crippen molar-refractivity contribution in [1.82, 2.24) is 0 Å². The van der Waals surface area contributed by atoms with Crippen LogP contribution in [0.25, 0.3) is 0 Å². The van der Waals surface area contributed by atoms with Crippen LogP contribution in [-0.2, 0) is 0 Å². The number of rotatable bonds is 5. The zero-order valence-electron chi connectivity index (χ0n) is 14.7. The van der Waals surface area contributed by atoms with E-state index in [0.717, 1.165) is 11.6 Å². The highest BCUT2D eigenvalue weighted by Crippen LogP contribution is 2.15. The van der Waals surface area contributed by atoms with Crippen LogP contribution in [0.4, 0.5) is 0 Å². The minimum absolute atomic E-state index is 0.791. The maximum Gasteiger partial charge on any atom is 0.202 e. The van der Waals surface area contributed by atoms with Crippen molar-refractivity contribution < 1.29 is 5.11 Å². The Kier molecular flexibility index (Phi) is 5.86. The van der Waals surface area contributed by atoms with E-state index >= 15 is 0 Å². The molecular weight excluding hydrogens is 332 g/mol. The summed E-state index contributed by atoms with van der Waals surface area (Å²) in [5.41, 5.74) is 4.35. The van der Waals surface area contributed by atoms with Crippen LogP contribution in [0.3, 0.4) is 0 Å². The van der Waals surface area contributed by atoms with Gasteiger partial charge >= 0.3 is 0 Å². The van der Waals surface area contributed by atoms with E-state index in [4.69, 9.17) is 0 Å². The lowest BCUT2D eigenvalue weighted by atomic mass is 10.1. The zero-order chi connectivity index (χ0) is 18.2. The number of allylic oxidation sites excluding steroid dienone is 1. The molecule has 0 spiro atoms. The second-order valence-electron chi connectivity index (χ2n) is 6.21. The molecule has 0 aliphatic rings. The summed E-state index contributed by atoms with van der Waals surface area (Å²) in [5, 5.41) is 13.0. The van der Waals surface area contributed by atoms with Gasteiger partial charge in [-0.25, -0.2) is 0 Å². The Balaban J connectivity index is 2.12. The Morgan fingerprint density at radius 3 is 1.73 bits per heavy atom. The van der Waals surface area contributed by atoms with Crippen LogP contribution in [0.1, 0.15) is 11.7 Å². The highest BCUT2D eigenvalue weighted by molar-refractivity contribution is 7.08. The number of hydrogen-bond acceptors (Lipinski definition) is 1. The van der Waals surface area contributed by atoms with Gasteiger partial charge in [0.25, 0.3) is 0 Å². The fourth-order valence-corrected chi connectivity index (χ4v) is 6.70. The molecule has 0 bridgehead atoms. The molecule has 26 heavy (non-hydrogen) atoms. The van der Waals surface area contributed by atoms with Gasteiger partial charge in [-0.2, -0.15) is 0 Å². The third-order valence-corrected chi connectivity index (χ3v) is 8.63. The molecule has 0 saturated heterocycles. The molecule has 0 aromatic heterocycles. The number of aliphatic hydroxyl groups is 1. The average Bonchev–Trinajstić information content (AvgIpc) is 2.73. The average molecular weight is 355 g/mol. The minimum atomic E-state index is -2.38. The van der Waals surface area contributed by atoms with E-state index < -0.39 is 14.2 Å². The molecule has 0 aliphatic carbocycles. The highest BCUT2D eigenvalue weighted by atomic mass is 28.3. The third-order valence-electron chi connectivity index (χ3n) is 4.52. The monoisotopic (exact) mass is 354 g/mol. The standard InChI is InChI=1S/C24H22OSi/c1-2-19-26(22-14-8-4-9-15-22,23-16-10-5-11-17-23)20-18-24(25)21-12-6-3-7-13-21/h2-17,24-25H,1,19H2. The summed E-state index contributed by atoms with van der Waals surface area (Å²) in [5.74, 6) is 3.14. The molecule has 2 heteroatoms. The van der Waals surface area contributed by atoms with E-state index in [1.807, 2.05) is 48.5 Å². The molecule has 0 radical (unpaired) electrons. The molecule has 1 unspecified atom stereocenters. The molecule has 0 fully saturated rings. The molecule has 128 valence electrons. The van der Waals surface area contributed by atoms with E-state index in [2.05, 4.69) is 66.6 Å². The molecule has 3 aromatic rings. The Bertz CT molecular complexity index is 853. The normalized spacial score (nSPS) is 11.9. The maximum absolute atomic E-state index is 10.6. The second kappa shape index (κ2) is 8.49. The predicted molar refractivity (Wildman–Crippen MR) is 112 cm³/mol. The Morgan fingerprint density at radius 1 is 0.808 bits per heavy atom. The summed E-state index contributed by atoms with van der Waals surface area (Å²) in [6, 6.07) is 31.2. The quantitative estimate of drug-likeness (QED) is 0.421. The van der Waals surface area contributed by atoms with Gasteiger partial charge in [0.1, 0.15) is 6.10 Å². The van der Waals surface area contributed by atoms with Crippen LogP contribution in [0.2, 0.25) is 6.04 Å². The maximum atomic E-state index is 10.6. The summed E-state index contributed by atoms with van der Waals surface area (Å²) >= 11 is 0. The molecule has 1 N–H and O–H groups in total. The van der Waals surface area contributed by atoms with Gasteiger partial charge in [-0.15, -0.1) is 12.1 Å². The summed E-state index contributed by atoms with van der Waals surface area (Å²) in [7, 11) is -2.38. The van der Waals surface area contributed by atoms with Gasteiger partial charge in [-0.3, -0.25) is 0 Å². The van der Waals surface area contributed by atoms with Gasteiger partial charge in [-0.1, -0.05) is 103 Å². The lowest BCUT2D eigenvalue weighted by Crippen LogP contribution is -2.57. The summed E-state index contributed by atoms with van der Waals surface area (Å²) in [6.45, 7) is 3.99. The van der Waals surface area contributed by atoms with Crippen molar-refractivity contribution in [2.24, 2.45) is 0 Å². The fraction of sp³-hybridized carbons (Fsp3) is 0.0833. The zero-order valence-corrected chi connectivity index (χ0v) is 15.7. The van der Waals surface area contributed by atoms with E-state index in [-0.39, 0.29) is 0 Å². The van der Waals surface area contributed by atoms with Crippen molar-refractivity contribution in [1.29, 1.82) is 0 Å².